The van der Waals surface area contributed by atoms with Gasteiger partial charge in [-0.25, -0.2) is 4.98 Å². The molecule has 0 saturated carbocycles. The fraction of sp³-hybridized carbons (Fsp3) is 0.417. The zero-order valence-electron chi connectivity index (χ0n) is 9.19. The predicted octanol–water partition coefficient (Wildman–Crippen LogP) is 0.870. The molecule has 0 bridgehead atoms. The van der Waals surface area contributed by atoms with Crippen molar-refractivity contribution in [3.05, 3.63) is 35.9 Å². The smallest absolute Gasteiger partial charge is 0.117 e. The van der Waals surface area contributed by atoms with Gasteiger partial charge < -0.3 is 11.1 Å². The number of nitrogens with zero attached hydrogens (tertiary/aromatic N) is 2. The zero-order valence-corrected chi connectivity index (χ0v) is 9.19. The van der Waals surface area contributed by atoms with Crippen LogP contribution in [0.4, 0.5) is 0 Å². The average molecular weight is 216 g/mol. The van der Waals surface area contributed by atoms with Crippen molar-refractivity contribution in [1.29, 1.82) is 0 Å². The van der Waals surface area contributed by atoms with Crippen molar-refractivity contribution in [2.45, 2.75) is 18.9 Å². The van der Waals surface area contributed by atoms with E-state index >= 15 is 0 Å². The van der Waals surface area contributed by atoms with Crippen LogP contribution in [0.25, 0.3) is 5.52 Å². The van der Waals surface area contributed by atoms with Crippen molar-refractivity contribution in [3.8, 4) is 0 Å². The summed E-state index contributed by atoms with van der Waals surface area (Å²) in [5, 5.41) is 3.38. The Kier molecular flexibility index (Phi) is 2.38. The minimum atomic E-state index is 0.523. The van der Waals surface area contributed by atoms with Crippen molar-refractivity contribution in [2.75, 3.05) is 13.1 Å². The first kappa shape index (κ1) is 9.81. The summed E-state index contributed by atoms with van der Waals surface area (Å²) >= 11 is 0. The lowest BCUT2D eigenvalue weighted by molar-refractivity contribution is 0.688. The first-order chi connectivity index (χ1) is 7.90. The van der Waals surface area contributed by atoms with Crippen LogP contribution in [0.3, 0.4) is 0 Å². The van der Waals surface area contributed by atoms with E-state index in [1.807, 2.05) is 12.3 Å². The van der Waals surface area contributed by atoms with Gasteiger partial charge in [0.15, 0.2) is 0 Å². The van der Waals surface area contributed by atoms with E-state index in [1.54, 1.807) is 0 Å². The van der Waals surface area contributed by atoms with Crippen molar-refractivity contribution in [2.24, 2.45) is 5.73 Å². The van der Waals surface area contributed by atoms with Gasteiger partial charge in [0.25, 0.3) is 0 Å². The van der Waals surface area contributed by atoms with Gasteiger partial charge >= 0.3 is 0 Å². The number of nitrogens with one attached hydrogen (secondary N) is 1. The molecule has 0 spiro atoms. The van der Waals surface area contributed by atoms with Crippen LogP contribution < -0.4 is 11.1 Å². The Morgan fingerprint density at radius 3 is 3.19 bits per heavy atom. The highest BCUT2D eigenvalue weighted by molar-refractivity contribution is 5.48. The molecular formula is C12H16N4. The third-order valence-corrected chi connectivity index (χ3v) is 3.29. The number of pyridine rings is 1. The summed E-state index contributed by atoms with van der Waals surface area (Å²) in [5.74, 6) is 1.68. The Labute approximate surface area is 94.5 Å². The molecule has 0 radical (unpaired) electrons. The summed E-state index contributed by atoms with van der Waals surface area (Å²) in [7, 11) is 0. The molecule has 16 heavy (non-hydrogen) atoms. The molecule has 3 rings (SSSR count). The highest BCUT2D eigenvalue weighted by Crippen LogP contribution is 2.23. The number of imidazole rings is 1. The minimum Gasteiger partial charge on any atom is -0.325 e. The molecule has 0 aromatic carbocycles. The Morgan fingerprint density at radius 2 is 2.44 bits per heavy atom. The van der Waals surface area contributed by atoms with Crippen molar-refractivity contribution < 1.29 is 0 Å². The van der Waals surface area contributed by atoms with E-state index in [-0.39, 0.29) is 0 Å². The normalized spacial score (nSPS) is 20.7. The average Bonchev–Trinajstić information content (AvgIpc) is 2.96. The van der Waals surface area contributed by atoms with Crippen molar-refractivity contribution >= 4 is 5.52 Å². The second-order valence-electron chi connectivity index (χ2n) is 4.29. The molecule has 1 fully saturated rings. The zero-order chi connectivity index (χ0) is 11.0. The summed E-state index contributed by atoms with van der Waals surface area (Å²) in [5.41, 5.74) is 8.06. The van der Waals surface area contributed by atoms with Gasteiger partial charge in [-0.15, -0.1) is 0 Å². The maximum Gasteiger partial charge on any atom is 0.117 e. The first-order valence-corrected chi connectivity index (χ1v) is 5.76. The van der Waals surface area contributed by atoms with Crippen LogP contribution in [0, 0.1) is 0 Å². The molecule has 1 aliphatic rings. The molecule has 0 aliphatic carbocycles. The topological polar surface area (TPSA) is 55.3 Å². The fourth-order valence-corrected chi connectivity index (χ4v) is 2.47. The van der Waals surface area contributed by atoms with Crippen molar-refractivity contribution in [1.82, 2.24) is 14.7 Å². The molecule has 1 saturated heterocycles. The van der Waals surface area contributed by atoms with E-state index in [2.05, 4.69) is 26.8 Å². The fourth-order valence-electron chi connectivity index (χ4n) is 2.47. The predicted molar refractivity (Wildman–Crippen MR) is 63.3 cm³/mol. The van der Waals surface area contributed by atoms with E-state index in [1.165, 1.54) is 0 Å². The summed E-state index contributed by atoms with van der Waals surface area (Å²) in [6.07, 6.45) is 3.10. The number of rotatable bonds is 2. The van der Waals surface area contributed by atoms with Crippen LogP contribution in [-0.2, 0) is 6.54 Å². The molecule has 1 unspecified atom stereocenters. The third-order valence-electron chi connectivity index (χ3n) is 3.29. The van der Waals surface area contributed by atoms with Gasteiger partial charge in [-0.05, 0) is 25.1 Å². The molecular weight excluding hydrogens is 200 g/mol. The van der Waals surface area contributed by atoms with Crippen molar-refractivity contribution in [3.63, 3.8) is 0 Å². The lowest BCUT2D eigenvalue weighted by Gasteiger charge is -2.10. The Balaban J connectivity index is 2.16. The number of fused-ring (bicyclic) bond motifs is 1. The van der Waals surface area contributed by atoms with Crippen LogP contribution in [0.15, 0.2) is 24.4 Å². The van der Waals surface area contributed by atoms with E-state index in [4.69, 9.17) is 5.73 Å². The van der Waals surface area contributed by atoms with Crippen LogP contribution in [0.1, 0.15) is 23.9 Å². The second kappa shape index (κ2) is 3.88. The summed E-state index contributed by atoms with van der Waals surface area (Å²) in [6, 6.07) is 6.19. The lowest BCUT2D eigenvalue weighted by Crippen LogP contribution is -2.12. The SMILES string of the molecule is NCc1cccc2cnc(C3CCNC3)n12. The molecule has 2 aromatic rings. The van der Waals surface area contributed by atoms with Crippen LogP contribution in [0.5, 0.6) is 0 Å². The van der Waals surface area contributed by atoms with Crippen LogP contribution in [0.2, 0.25) is 0 Å². The van der Waals surface area contributed by atoms with Gasteiger partial charge in [-0.1, -0.05) is 6.07 Å². The highest BCUT2D eigenvalue weighted by atomic mass is 15.1. The summed E-state index contributed by atoms with van der Waals surface area (Å²) in [4.78, 5) is 4.55. The van der Waals surface area contributed by atoms with E-state index in [0.29, 0.717) is 12.5 Å². The van der Waals surface area contributed by atoms with E-state index < -0.39 is 0 Å². The monoisotopic (exact) mass is 216 g/mol. The van der Waals surface area contributed by atoms with Gasteiger partial charge in [0, 0.05) is 24.7 Å². The quantitative estimate of drug-likeness (QED) is 0.783. The second-order valence-corrected chi connectivity index (χ2v) is 4.29. The van der Waals surface area contributed by atoms with Gasteiger partial charge in [0.2, 0.25) is 0 Å². The molecule has 3 heterocycles. The van der Waals surface area contributed by atoms with Gasteiger partial charge in [-0.2, -0.15) is 0 Å². The number of nitrogens with two attached hydrogens (primary N) is 1. The van der Waals surface area contributed by atoms with Gasteiger partial charge in [0.05, 0.1) is 11.7 Å². The van der Waals surface area contributed by atoms with Gasteiger partial charge in [0.1, 0.15) is 5.82 Å². The van der Waals surface area contributed by atoms with E-state index in [0.717, 1.165) is 36.5 Å². The largest absolute Gasteiger partial charge is 0.325 e. The summed E-state index contributed by atoms with van der Waals surface area (Å²) in [6.45, 7) is 2.67. The third kappa shape index (κ3) is 1.42. The maximum atomic E-state index is 5.78. The molecule has 1 atom stereocenters. The lowest BCUT2D eigenvalue weighted by atomic mass is 10.1. The summed E-state index contributed by atoms with van der Waals surface area (Å²) < 4.78 is 2.21. The number of hydrogen-bond acceptors (Lipinski definition) is 3. The van der Waals surface area contributed by atoms with Gasteiger partial charge in [-0.3, -0.25) is 4.40 Å². The molecule has 3 N–H and O–H groups in total. The molecule has 1 aliphatic heterocycles. The maximum absolute atomic E-state index is 5.78. The van der Waals surface area contributed by atoms with Crippen LogP contribution >= 0.6 is 0 Å². The Hall–Kier alpha value is -1.39. The number of aromatic nitrogens is 2. The molecule has 4 heteroatoms. The highest BCUT2D eigenvalue weighted by Gasteiger charge is 2.21. The van der Waals surface area contributed by atoms with E-state index in [9.17, 15) is 0 Å². The van der Waals surface area contributed by atoms with Crippen LogP contribution in [-0.4, -0.2) is 22.5 Å². The molecule has 4 nitrogen and oxygen atoms in total. The molecule has 84 valence electrons. The Bertz CT molecular complexity index is 497. The Morgan fingerprint density at radius 1 is 1.50 bits per heavy atom. The number of hydrogen-bond donors (Lipinski definition) is 2. The standard InChI is InChI=1S/C12H16N4/c13-6-10-2-1-3-11-8-15-12(16(10)11)9-4-5-14-7-9/h1-3,8-9,14H,4-7,13H2. The molecule has 2 aromatic heterocycles. The first-order valence-electron chi connectivity index (χ1n) is 5.76. The molecule has 0 amide bonds. The minimum absolute atomic E-state index is 0.523.